The number of nitrogens with zero attached hydrogens (tertiary/aromatic N) is 4. The van der Waals surface area contributed by atoms with Crippen LogP contribution in [0.2, 0.25) is 0 Å². The normalized spacial score (nSPS) is 19.3. The van der Waals surface area contributed by atoms with Gasteiger partial charge in [-0.3, -0.25) is 9.67 Å². The molecule has 6 heteroatoms. The molecule has 0 bridgehead atoms. The summed E-state index contributed by atoms with van der Waals surface area (Å²) in [5.41, 5.74) is 8.64. The molecule has 4 aromatic rings. The number of aromatic nitrogens is 4. The van der Waals surface area contributed by atoms with E-state index in [1.54, 1.807) is 12.3 Å². The van der Waals surface area contributed by atoms with E-state index in [1.165, 1.54) is 0 Å². The van der Waals surface area contributed by atoms with Crippen molar-refractivity contribution in [1.82, 2.24) is 19.7 Å². The highest BCUT2D eigenvalue weighted by Gasteiger charge is 2.23. The molecule has 152 valence electrons. The van der Waals surface area contributed by atoms with E-state index in [1.807, 2.05) is 53.3 Å². The highest BCUT2D eigenvalue weighted by molar-refractivity contribution is 5.86. The van der Waals surface area contributed by atoms with Crippen molar-refractivity contribution in [2.24, 2.45) is 11.7 Å². The van der Waals surface area contributed by atoms with E-state index < -0.39 is 0 Å². The second kappa shape index (κ2) is 7.95. The van der Waals surface area contributed by atoms with Crippen LogP contribution in [-0.4, -0.2) is 26.3 Å². The summed E-state index contributed by atoms with van der Waals surface area (Å²) in [5.74, 6) is 0.274. The number of halogens is 1. The zero-order valence-corrected chi connectivity index (χ0v) is 16.7. The maximum Gasteiger partial charge on any atom is 0.158 e. The standard InChI is InChI=1S/C24H24FN5/c25-23-19(20-12-14-30(29-20)18-8-4-16(15-26)5-9-18)10-6-17-7-11-22(28-24(17)23)21-3-1-2-13-27-21/h1-3,6-7,10-14,16,18H,4-5,8-9,15,26H2. The summed E-state index contributed by atoms with van der Waals surface area (Å²) in [4.78, 5) is 8.89. The Morgan fingerprint density at radius 1 is 0.933 bits per heavy atom. The van der Waals surface area contributed by atoms with E-state index in [9.17, 15) is 0 Å². The molecule has 0 unspecified atom stereocenters. The van der Waals surface area contributed by atoms with Crippen molar-refractivity contribution in [2.45, 2.75) is 31.7 Å². The van der Waals surface area contributed by atoms with Crippen molar-refractivity contribution in [3.63, 3.8) is 0 Å². The second-order valence-electron chi connectivity index (χ2n) is 8.00. The van der Waals surface area contributed by atoms with Crippen LogP contribution in [0.4, 0.5) is 4.39 Å². The molecule has 30 heavy (non-hydrogen) atoms. The van der Waals surface area contributed by atoms with E-state index in [2.05, 4.69) is 9.97 Å². The van der Waals surface area contributed by atoms with Crippen LogP contribution in [0.25, 0.3) is 33.5 Å². The van der Waals surface area contributed by atoms with Gasteiger partial charge in [0.25, 0.3) is 0 Å². The molecule has 0 saturated heterocycles. The van der Waals surface area contributed by atoms with Crippen molar-refractivity contribution in [2.75, 3.05) is 6.54 Å². The van der Waals surface area contributed by atoms with Gasteiger partial charge in [0, 0.05) is 23.3 Å². The maximum absolute atomic E-state index is 15.5. The van der Waals surface area contributed by atoms with E-state index >= 15 is 4.39 Å². The van der Waals surface area contributed by atoms with Gasteiger partial charge in [0.05, 0.1) is 23.1 Å². The molecule has 1 fully saturated rings. The molecular weight excluding hydrogens is 377 g/mol. The Kier molecular flexibility index (Phi) is 5.01. The van der Waals surface area contributed by atoms with E-state index in [0.29, 0.717) is 34.4 Å². The lowest BCUT2D eigenvalue weighted by Gasteiger charge is -2.27. The van der Waals surface area contributed by atoms with Crippen LogP contribution in [-0.2, 0) is 0 Å². The minimum Gasteiger partial charge on any atom is -0.330 e. The van der Waals surface area contributed by atoms with Crippen molar-refractivity contribution >= 4 is 10.9 Å². The highest BCUT2D eigenvalue weighted by Crippen LogP contribution is 2.33. The third-order valence-electron chi connectivity index (χ3n) is 6.14. The molecule has 1 aliphatic carbocycles. The van der Waals surface area contributed by atoms with Gasteiger partial charge in [-0.05, 0) is 68.5 Å². The third-order valence-corrected chi connectivity index (χ3v) is 6.14. The molecule has 0 atom stereocenters. The average Bonchev–Trinajstić information content (AvgIpc) is 3.30. The lowest BCUT2D eigenvalue weighted by atomic mass is 9.86. The van der Waals surface area contributed by atoms with Crippen molar-refractivity contribution in [1.29, 1.82) is 0 Å². The van der Waals surface area contributed by atoms with Crippen LogP contribution < -0.4 is 5.73 Å². The molecule has 2 N–H and O–H groups in total. The largest absolute Gasteiger partial charge is 0.330 e. The summed E-state index contributed by atoms with van der Waals surface area (Å²) in [6, 6.07) is 15.3. The van der Waals surface area contributed by atoms with Gasteiger partial charge < -0.3 is 5.73 Å². The fourth-order valence-corrected chi connectivity index (χ4v) is 4.34. The average molecular weight is 401 g/mol. The molecule has 5 rings (SSSR count). The Morgan fingerprint density at radius 3 is 2.53 bits per heavy atom. The van der Waals surface area contributed by atoms with E-state index in [4.69, 9.17) is 10.8 Å². The number of nitrogens with two attached hydrogens (primary N) is 1. The predicted molar refractivity (Wildman–Crippen MR) is 116 cm³/mol. The molecule has 0 radical (unpaired) electrons. The number of hydrogen-bond acceptors (Lipinski definition) is 4. The first-order chi connectivity index (χ1) is 14.7. The minimum atomic E-state index is -0.345. The van der Waals surface area contributed by atoms with Crippen molar-refractivity contribution < 1.29 is 4.39 Å². The quantitative estimate of drug-likeness (QED) is 0.523. The molecule has 3 heterocycles. The number of pyridine rings is 2. The summed E-state index contributed by atoms with van der Waals surface area (Å²) >= 11 is 0. The van der Waals surface area contributed by atoms with E-state index in [0.717, 1.165) is 43.3 Å². The molecule has 0 amide bonds. The summed E-state index contributed by atoms with van der Waals surface area (Å²) < 4.78 is 17.4. The first-order valence-corrected chi connectivity index (χ1v) is 10.5. The molecule has 5 nitrogen and oxygen atoms in total. The van der Waals surface area contributed by atoms with Gasteiger partial charge in [0.15, 0.2) is 5.82 Å². The predicted octanol–water partition coefficient (Wildman–Crippen LogP) is 4.99. The zero-order valence-electron chi connectivity index (χ0n) is 16.7. The SMILES string of the molecule is NCC1CCC(n2ccc(-c3ccc4ccc(-c5ccccn5)nc4c3F)n2)CC1. The zero-order chi connectivity index (χ0) is 20.5. The van der Waals surface area contributed by atoms with Gasteiger partial charge in [-0.1, -0.05) is 18.2 Å². The van der Waals surface area contributed by atoms with Crippen LogP contribution in [0.15, 0.2) is 60.9 Å². The molecule has 1 aromatic carbocycles. The minimum absolute atomic E-state index is 0.341. The molecule has 1 aliphatic rings. The Balaban J connectivity index is 1.48. The third kappa shape index (κ3) is 3.48. The lowest BCUT2D eigenvalue weighted by molar-refractivity contribution is 0.265. The maximum atomic E-state index is 15.5. The van der Waals surface area contributed by atoms with E-state index in [-0.39, 0.29) is 5.82 Å². The lowest BCUT2D eigenvalue weighted by Crippen LogP contribution is -2.23. The monoisotopic (exact) mass is 401 g/mol. The summed E-state index contributed by atoms with van der Waals surface area (Å²) in [6.45, 7) is 0.757. The number of rotatable bonds is 4. The van der Waals surface area contributed by atoms with Crippen LogP contribution in [0.1, 0.15) is 31.7 Å². The molecular formula is C24H24FN5. The van der Waals surface area contributed by atoms with Crippen LogP contribution in [0.3, 0.4) is 0 Å². The Hall–Kier alpha value is -3.12. The van der Waals surface area contributed by atoms with Gasteiger partial charge in [-0.15, -0.1) is 0 Å². The summed E-state index contributed by atoms with van der Waals surface area (Å²) in [7, 11) is 0. The fourth-order valence-electron chi connectivity index (χ4n) is 4.34. The highest BCUT2D eigenvalue weighted by atomic mass is 19.1. The Morgan fingerprint density at radius 2 is 1.77 bits per heavy atom. The molecule has 0 spiro atoms. The van der Waals surface area contributed by atoms with Crippen LogP contribution >= 0.6 is 0 Å². The number of fused-ring (bicyclic) bond motifs is 1. The summed E-state index contributed by atoms with van der Waals surface area (Å²) in [5, 5.41) is 5.47. The van der Waals surface area contributed by atoms with Crippen molar-refractivity contribution in [3.8, 4) is 22.6 Å². The molecule has 0 aliphatic heterocycles. The van der Waals surface area contributed by atoms with Gasteiger partial charge in [-0.25, -0.2) is 9.37 Å². The van der Waals surface area contributed by atoms with Gasteiger partial charge >= 0.3 is 0 Å². The summed E-state index contributed by atoms with van der Waals surface area (Å²) in [6.07, 6.45) is 8.06. The first-order valence-electron chi connectivity index (χ1n) is 10.5. The molecule has 3 aromatic heterocycles. The smallest absolute Gasteiger partial charge is 0.158 e. The molecule has 1 saturated carbocycles. The number of hydrogen-bond donors (Lipinski definition) is 1. The van der Waals surface area contributed by atoms with Gasteiger partial charge in [0.2, 0.25) is 0 Å². The first kappa shape index (κ1) is 18.9. The van der Waals surface area contributed by atoms with Gasteiger partial charge in [0.1, 0.15) is 5.52 Å². The fraction of sp³-hybridized carbons (Fsp3) is 0.292. The Bertz CT molecular complexity index is 1160. The second-order valence-corrected chi connectivity index (χ2v) is 8.00. The van der Waals surface area contributed by atoms with Crippen molar-refractivity contribution in [3.05, 3.63) is 66.7 Å². The van der Waals surface area contributed by atoms with Gasteiger partial charge in [-0.2, -0.15) is 5.10 Å². The Labute approximate surface area is 174 Å². The van der Waals surface area contributed by atoms with Crippen LogP contribution in [0, 0.1) is 11.7 Å². The number of benzene rings is 1. The van der Waals surface area contributed by atoms with Crippen LogP contribution in [0.5, 0.6) is 0 Å². The topological polar surface area (TPSA) is 69.6 Å².